The van der Waals surface area contributed by atoms with E-state index < -0.39 is 23.2 Å². The Morgan fingerprint density at radius 2 is 1.85 bits per heavy atom. The third-order valence-electron chi connectivity index (χ3n) is 2.25. The van der Waals surface area contributed by atoms with Crippen molar-refractivity contribution in [3.8, 4) is 0 Å². The molecule has 106 valence electrons. The molecule has 1 heterocycles. The van der Waals surface area contributed by atoms with Crippen LogP contribution in [0.15, 0.2) is 28.9 Å². The highest BCUT2D eigenvalue weighted by Gasteiger charge is 2.31. The highest BCUT2D eigenvalue weighted by Crippen LogP contribution is 2.32. The number of nitrogen functional groups attached to an aromatic ring is 1. The van der Waals surface area contributed by atoms with Crippen molar-refractivity contribution in [2.24, 2.45) is 0 Å². The van der Waals surface area contributed by atoms with E-state index in [9.17, 15) is 17.6 Å². The SMILES string of the molecule is Nc1cc(Br)nc(Nc2cc(C(F)(F)F)ccc2F)n1. The maximum absolute atomic E-state index is 13.5. The second kappa shape index (κ2) is 5.23. The van der Waals surface area contributed by atoms with E-state index in [1.54, 1.807) is 0 Å². The molecule has 1 aromatic heterocycles. The number of hydrogen-bond donors (Lipinski definition) is 2. The zero-order valence-electron chi connectivity index (χ0n) is 9.67. The van der Waals surface area contributed by atoms with Gasteiger partial charge in [-0.3, -0.25) is 0 Å². The number of rotatable bonds is 2. The van der Waals surface area contributed by atoms with Crippen LogP contribution in [-0.2, 0) is 6.18 Å². The Hall–Kier alpha value is -1.90. The maximum atomic E-state index is 13.5. The molecule has 0 fully saturated rings. The number of halogens is 5. The van der Waals surface area contributed by atoms with Gasteiger partial charge in [-0.25, -0.2) is 9.37 Å². The largest absolute Gasteiger partial charge is 0.416 e. The Labute approximate surface area is 119 Å². The molecule has 0 saturated heterocycles. The van der Waals surface area contributed by atoms with Gasteiger partial charge in [-0.1, -0.05) is 0 Å². The Kier molecular flexibility index (Phi) is 3.80. The van der Waals surface area contributed by atoms with Crippen molar-refractivity contribution in [1.82, 2.24) is 9.97 Å². The van der Waals surface area contributed by atoms with E-state index in [-0.39, 0.29) is 11.8 Å². The van der Waals surface area contributed by atoms with E-state index in [0.29, 0.717) is 22.8 Å². The van der Waals surface area contributed by atoms with E-state index in [1.165, 1.54) is 6.07 Å². The lowest BCUT2D eigenvalue weighted by Gasteiger charge is -2.11. The van der Waals surface area contributed by atoms with Crippen LogP contribution < -0.4 is 11.1 Å². The van der Waals surface area contributed by atoms with Gasteiger partial charge in [0.1, 0.15) is 16.2 Å². The van der Waals surface area contributed by atoms with Gasteiger partial charge >= 0.3 is 6.18 Å². The first-order chi connectivity index (χ1) is 9.25. The number of nitrogens with two attached hydrogens (primary N) is 1. The van der Waals surface area contributed by atoms with Gasteiger partial charge in [-0.05, 0) is 34.1 Å². The van der Waals surface area contributed by atoms with Crippen LogP contribution in [0.3, 0.4) is 0 Å². The third kappa shape index (κ3) is 3.35. The summed E-state index contributed by atoms with van der Waals surface area (Å²) < 4.78 is 51.5. The van der Waals surface area contributed by atoms with Crippen LogP contribution in [-0.4, -0.2) is 9.97 Å². The molecule has 20 heavy (non-hydrogen) atoms. The van der Waals surface area contributed by atoms with Gasteiger partial charge in [0.05, 0.1) is 11.3 Å². The number of nitrogens with one attached hydrogen (secondary N) is 1. The van der Waals surface area contributed by atoms with Crippen molar-refractivity contribution in [2.45, 2.75) is 6.18 Å². The van der Waals surface area contributed by atoms with E-state index in [2.05, 4.69) is 31.2 Å². The predicted molar refractivity (Wildman–Crippen MR) is 68.8 cm³/mol. The average molecular weight is 351 g/mol. The molecular formula is C11H7BrF4N4. The van der Waals surface area contributed by atoms with Crippen molar-refractivity contribution in [3.05, 3.63) is 40.2 Å². The van der Waals surface area contributed by atoms with Crippen LogP contribution in [0.2, 0.25) is 0 Å². The molecule has 0 aliphatic carbocycles. The number of hydrogen-bond acceptors (Lipinski definition) is 4. The first kappa shape index (κ1) is 14.5. The predicted octanol–water partition coefficient (Wildman–Crippen LogP) is 3.72. The fraction of sp³-hybridized carbons (Fsp3) is 0.0909. The lowest BCUT2D eigenvalue weighted by molar-refractivity contribution is -0.137. The van der Waals surface area contributed by atoms with Crippen molar-refractivity contribution in [1.29, 1.82) is 0 Å². The zero-order valence-corrected chi connectivity index (χ0v) is 11.3. The van der Waals surface area contributed by atoms with Gasteiger partial charge in [-0.15, -0.1) is 0 Å². The first-order valence-corrected chi connectivity index (χ1v) is 5.99. The van der Waals surface area contributed by atoms with Crippen molar-refractivity contribution in [3.63, 3.8) is 0 Å². The second-order valence-corrected chi connectivity index (χ2v) is 4.57. The number of anilines is 3. The fourth-order valence-electron chi connectivity index (χ4n) is 1.41. The van der Waals surface area contributed by atoms with Crippen molar-refractivity contribution in [2.75, 3.05) is 11.1 Å². The van der Waals surface area contributed by atoms with Crippen molar-refractivity contribution >= 4 is 33.4 Å². The van der Waals surface area contributed by atoms with E-state index in [1.807, 2.05) is 0 Å². The van der Waals surface area contributed by atoms with Crippen LogP contribution in [0.1, 0.15) is 5.56 Å². The van der Waals surface area contributed by atoms with Crippen LogP contribution in [0.4, 0.5) is 35.0 Å². The minimum atomic E-state index is -4.57. The van der Waals surface area contributed by atoms with Crippen LogP contribution in [0, 0.1) is 5.82 Å². The molecule has 1 aromatic carbocycles. The van der Waals surface area contributed by atoms with Gasteiger partial charge in [0.15, 0.2) is 0 Å². The Morgan fingerprint density at radius 3 is 2.45 bits per heavy atom. The highest BCUT2D eigenvalue weighted by atomic mass is 79.9. The number of aromatic nitrogens is 2. The second-order valence-electron chi connectivity index (χ2n) is 3.76. The lowest BCUT2D eigenvalue weighted by Crippen LogP contribution is -2.07. The molecule has 0 radical (unpaired) electrons. The summed E-state index contributed by atoms with van der Waals surface area (Å²) in [6, 6.07) is 3.40. The molecular weight excluding hydrogens is 344 g/mol. The summed E-state index contributed by atoms with van der Waals surface area (Å²) in [6.07, 6.45) is -4.57. The molecule has 0 unspecified atom stereocenters. The lowest BCUT2D eigenvalue weighted by atomic mass is 10.2. The summed E-state index contributed by atoms with van der Waals surface area (Å²) in [4.78, 5) is 7.57. The minimum absolute atomic E-state index is 0.0850. The van der Waals surface area contributed by atoms with Crippen molar-refractivity contribution < 1.29 is 17.6 Å². The molecule has 0 amide bonds. The van der Waals surface area contributed by atoms with Gasteiger partial charge in [0.25, 0.3) is 0 Å². The Balaban J connectivity index is 2.37. The van der Waals surface area contributed by atoms with Gasteiger partial charge in [-0.2, -0.15) is 18.2 Å². The quantitative estimate of drug-likeness (QED) is 0.639. The standard InChI is InChI=1S/C11H7BrF4N4/c12-8-4-9(17)20-10(19-8)18-7-3-5(11(14,15)16)1-2-6(7)13/h1-4H,(H3,17,18,19,20). The highest BCUT2D eigenvalue weighted by molar-refractivity contribution is 9.10. The molecule has 9 heteroatoms. The average Bonchev–Trinajstić information content (AvgIpc) is 2.29. The molecule has 2 rings (SSSR count). The summed E-state index contributed by atoms with van der Waals surface area (Å²) in [5.74, 6) is -0.892. The maximum Gasteiger partial charge on any atom is 0.416 e. The normalized spacial score (nSPS) is 11.4. The first-order valence-electron chi connectivity index (χ1n) is 5.19. The molecule has 0 aliphatic rings. The summed E-state index contributed by atoms with van der Waals surface area (Å²) in [7, 11) is 0. The smallest absolute Gasteiger partial charge is 0.383 e. The third-order valence-corrected chi connectivity index (χ3v) is 2.66. The Bertz CT molecular complexity index is 625. The number of alkyl halides is 3. The molecule has 0 bridgehead atoms. The number of benzene rings is 1. The van der Waals surface area contributed by atoms with E-state index in [4.69, 9.17) is 5.73 Å². The molecule has 0 spiro atoms. The minimum Gasteiger partial charge on any atom is -0.383 e. The van der Waals surface area contributed by atoms with Gasteiger partial charge < -0.3 is 11.1 Å². The van der Waals surface area contributed by atoms with Gasteiger partial charge in [0.2, 0.25) is 5.95 Å². The van der Waals surface area contributed by atoms with E-state index >= 15 is 0 Å². The molecule has 0 atom stereocenters. The molecule has 3 N–H and O–H groups in total. The van der Waals surface area contributed by atoms with Crippen LogP contribution in [0.25, 0.3) is 0 Å². The topological polar surface area (TPSA) is 63.8 Å². The summed E-state index contributed by atoms with van der Waals surface area (Å²) in [6.45, 7) is 0. The molecule has 2 aromatic rings. The molecule has 4 nitrogen and oxygen atoms in total. The van der Waals surface area contributed by atoms with E-state index in [0.717, 1.165) is 0 Å². The zero-order chi connectivity index (χ0) is 14.9. The fourth-order valence-corrected chi connectivity index (χ4v) is 1.81. The molecule has 0 saturated carbocycles. The summed E-state index contributed by atoms with van der Waals surface area (Å²) >= 11 is 3.05. The monoisotopic (exact) mass is 350 g/mol. The van der Waals surface area contributed by atoms with Crippen LogP contribution in [0.5, 0.6) is 0 Å². The van der Waals surface area contributed by atoms with Crippen LogP contribution >= 0.6 is 15.9 Å². The molecule has 0 aliphatic heterocycles. The summed E-state index contributed by atoms with van der Waals surface area (Å²) in [5.41, 5.74) is 4.08. The number of nitrogens with zero attached hydrogens (tertiary/aromatic N) is 2. The Morgan fingerprint density at radius 1 is 1.15 bits per heavy atom. The summed E-state index contributed by atoms with van der Waals surface area (Å²) in [5, 5.41) is 2.36. The van der Waals surface area contributed by atoms with Gasteiger partial charge in [0, 0.05) is 6.07 Å².